The van der Waals surface area contributed by atoms with Crippen LogP contribution in [-0.4, -0.2) is 41.3 Å². The third-order valence-electron chi connectivity index (χ3n) is 5.79. The minimum Gasteiger partial charge on any atom is -0.489 e. The minimum absolute atomic E-state index is 0.560. The van der Waals surface area contributed by atoms with Crippen molar-refractivity contribution in [2.24, 2.45) is 0 Å². The zero-order chi connectivity index (χ0) is 23.3. The Labute approximate surface area is 198 Å². The number of hydrogen-bond acceptors (Lipinski definition) is 5. The number of unbranched alkanes of at least 4 members (excludes halogenated alkanes) is 1. The van der Waals surface area contributed by atoms with Gasteiger partial charge in [0.25, 0.3) is 0 Å². The van der Waals surface area contributed by atoms with Gasteiger partial charge in [0, 0.05) is 18.2 Å². The lowest BCUT2D eigenvalue weighted by atomic mass is 10.0. The van der Waals surface area contributed by atoms with E-state index in [-0.39, 0.29) is 0 Å². The van der Waals surface area contributed by atoms with E-state index in [0.29, 0.717) is 19.1 Å². The molecule has 3 aromatic rings. The molecule has 0 atom stereocenters. The third-order valence-corrected chi connectivity index (χ3v) is 5.79. The summed E-state index contributed by atoms with van der Waals surface area (Å²) < 4.78 is 11.9. The van der Waals surface area contributed by atoms with Crippen molar-refractivity contribution < 1.29 is 9.47 Å². The fraction of sp³-hybridized carbons (Fsp3) is 0.429. The average molecular weight is 448 g/mol. The molecule has 1 heterocycles. The maximum Gasteiger partial charge on any atom is 0.234 e. The maximum atomic E-state index is 5.95. The van der Waals surface area contributed by atoms with Crippen LogP contribution in [0.3, 0.4) is 0 Å². The Balaban J connectivity index is 1.67. The summed E-state index contributed by atoms with van der Waals surface area (Å²) in [4.78, 5) is 2.40. The van der Waals surface area contributed by atoms with E-state index in [2.05, 4.69) is 60.1 Å². The quantitative estimate of drug-likeness (QED) is 0.276. The van der Waals surface area contributed by atoms with Crippen molar-refractivity contribution in [3.8, 4) is 22.8 Å². The smallest absolute Gasteiger partial charge is 0.234 e. The van der Waals surface area contributed by atoms with Crippen molar-refractivity contribution in [1.82, 2.24) is 15.1 Å². The van der Waals surface area contributed by atoms with Crippen molar-refractivity contribution in [2.75, 3.05) is 26.2 Å². The molecule has 33 heavy (non-hydrogen) atoms. The molecule has 0 N–H and O–H groups in total. The third kappa shape index (κ3) is 7.86. The van der Waals surface area contributed by atoms with Gasteiger partial charge in [0.2, 0.25) is 5.88 Å². The Morgan fingerprint density at radius 3 is 2.27 bits per heavy atom. The summed E-state index contributed by atoms with van der Waals surface area (Å²) in [6.45, 7) is 10.9. The van der Waals surface area contributed by atoms with E-state index in [1.54, 1.807) is 0 Å². The number of ether oxygens (including phenoxy) is 2. The lowest BCUT2D eigenvalue weighted by Crippen LogP contribution is -2.25. The van der Waals surface area contributed by atoms with Crippen LogP contribution in [0.25, 0.3) is 11.1 Å². The van der Waals surface area contributed by atoms with Gasteiger partial charge in [-0.3, -0.25) is 0 Å². The van der Waals surface area contributed by atoms with Gasteiger partial charge in [-0.15, -0.1) is 5.10 Å². The molecule has 0 radical (unpaired) electrons. The summed E-state index contributed by atoms with van der Waals surface area (Å²) in [5.74, 6) is 1.45. The molecule has 0 bridgehead atoms. The summed E-state index contributed by atoms with van der Waals surface area (Å²) in [7, 11) is 0. The maximum absolute atomic E-state index is 5.95. The summed E-state index contributed by atoms with van der Waals surface area (Å²) in [5.41, 5.74) is 4.37. The lowest BCUT2D eigenvalue weighted by Gasteiger charge is -2.17. The first kappa shape index (κ1) is 24.7. The first-order valence-corrected chi connectivity index (χ1v) is 12.2. The molecule has 0 amide bonds. The van der Waals surface area contributed by atoms with Gasteiger partial charge in [0.05, 0.1) is 12.3 Å². The monoisotopic (exact) mass is 447 g/mol. The average Bonchev–Trinajstić information content (AvgIpc) is 2.87. The van der Waals surface area contributed by atoms with Crippen LogP contribution in [0.5, 0.6) is 11.6 Å². The van der Waals surface area contributed by atoms with Gasteiger partial charge in [-0.2, -0.15) is 5.10 Å². The zero-order valence-corrected chi connectivity index (χ0v) is 20.3. The van der Waals surface area contributed by atoms with E-state index < -0.39 is 0 Å². The number of hydrogen-bond donors (Lipinski definition) is 0. The van der Waals surface area contributed by atoms with E-state index in [1.165, 1.54) is 0 Å². The second kappa shape index (κ2) is 13.6. The first-order chi connectivity index (χ1) is 16.2. The molecular formula is C28H37N3O2. The van der Waals surface area contributed by atoms with Crippen molar-refractivity contribution in [3.05, 3.63) is 71.9 Å². The highest BCUT2D eigenvalue weighted by Gasteiger charge is 2.11. The summed E-state index contributed by atoms with van der Waals surface area (Å²) in [6, 6.07) is 20.5. The Morgan fingerprint density at radius 1 is 0.818 bits per heavy atom. The van der Waals surface area contributed by atoms with E-state index in [9.17, 15) is 0 Å². The van der Waals surface area contributed by atoms with Crippen LogP contribution in [0, 0.1) is 0 Å². The molecule has 0 saturated carbocycles. The van der Waals surface area contributed by atoms with E-state index in [1.807, 2.05) is 36.4 Å². The summed E-state index contributed by atoms with van der Waals surface area (Å²) >= 11 is 0. The normalized spacial score (nSPS) is 11.0. The van der Waals surface area contributed by atoms with Crippen LogP contribution in [0.1, 0.15) is 51.3 Å². The molecule has 5 nitrogen and oxygen atoms in total. The molecule has 0 unspecified atom stereocenters. The Bertz CT molecular complexity index is 941. The number of aromatic nitrogens is 2. The van der Waals surface area contributed by atoms with Crippen LogP contribution in [0.15, 0.2) is 60.7 Å². The van der Waals surface area contributed by atoms with Gasteiger partial charge in [-0.05, 0) is 55.6 Å². The molecule has 0 spiro atoms. The van der Waals surface area contributed by atoms with Crippen molar-refractivity contribution in [2.45, 2.75) is 53.1 Å². The van der Waals surface area contributed by atoms with Crippen LogP contribution < -0.4 is 9.47 Å². The topological polar surface area (TPSA) is 47.5 Å². The zero-order valence-electron chi connectivity index (χ0n) is 20.3. The molecule has 3 rings (SSSR count). The molecule has 2 aromatic carbocycles. The molecule has 1 aromatic heterocycles. The number of nitrogens with zero attached hydrogens (tertiary/aromatic N) is 3. The fourth-order valence-corrected chi connectivity index (χ4v) is 3.72. The second-order valence-corrected chi connectivity index (χ2v) is 8.17. The summed E-state index contributed by atoms with van der Waals surface area (Å²) in [5, 5.41) is 8.87. The summed E-state index contributed by atoms with van der Waals surface area (Å²) in [6.07, 6.45) is 4.10. The van der Waals surface area contributed by atoms with Crippen molar-refractivity contribution in [1.29, 1.82) is 0 Å². The number of rotatable bonds is 14. The molecular weight excluding hydrogens is 410 g/mol. The standard InChI is InChI=1S/C28H37N3O2/c1-4-7-14-27-26(21-28(30-29-27)32-20-11-19-31(5-2)6-3)24-15-17-25(18-16-24)33-22-23-12-9-8-10-13-23/h8-10,12-13,15-18,21H,4-7,11,14,19-20,22H2,1-3H3. The minimum atomic E-state index is 0.560. The van der Waals surface area contributed by atoms with Gasteiger partial charge >= 0.3 is 0 Å². The predicted molar refractivity (Wildman–Crippen MR) is 135 cm³/mol. The molecule has 5 heteroatoms. The first-order valence-electron chi connectivity index (χ1n) is 12.2. The van der Waals surface area contributed by atoms with Crippen LogP contribution in [0.4, 0.5) is 0 Å². The SMILES string of the molecule is CCCCc1nnc(OCCCN(CC)CC)cc1-c1ccc(OCc2ccccc2)cc1. The predicted octanol–water partition coefficient (Wildman–Crippen LogP) is 6.18. The van der Waals surface area contributed by atoms with Crippen LogP contribution >= 0.6 is 0 Å². The number of aryl methyl sites for hydroxylation is 1. The van der Waals surface area contributed by atoms with E-state index in [4.69, 9.17) is 9.47 Å². The van der Waals surface area contributed by atoms with Crippen molar-refractivity contribution in [3.63, 3.8) is 0 Å². The van der Waals surface area contributed by atoms with Gasteiger partial charge in [0.15, 0.2) is 0 Å². The second-order valence-electron chi connectivity index (χ2n) is 8.17. The molecule has 0 aliphatic heterocycles. The highest BCUT2D eigenvalue weighted by Crippen LogP contribution is 2.28. The van der Waals surface area contributed by atoms with Gasteiger partial charge in [-0.1, -0.05) is 69.7 Å². The largest absolute Gasteiger partial charge is 0.489 e. The van der Waals surface area contributed by atoms with Crippen LogP contribution in [-0.2, 0) is 13.0 Å². The van der Waals surface area contributed by atoms with E-state index in [0.717, 1.165) is 73.5 Å². The molecule has 0 aliphatic rings. The van der Waals surface area contributed by atoms with Crippen molar-refractivity contribution >= 4 is 0 Å². The van der Waals surface area contributed by atoms with Gasteiger partial charge in [0.1, 0.15) is 12.4 Å². The highest BCUT2D eigenvalue weighted by atomic mass is 16.5. The fourth-order valence-electron chi connectivity index (χ4n) is 3.72. The molecule has 0 aliphatic carbocycles. The molecule has 0 saturated heterocycles. The van der Waals surface area contributed by atoms with Crippen LogP contribution in [0.2, 0.25) is 0 Å². The Morgan fingerprint density at radius 2 is 1.58 bits per heavy atom. The van der Waals surface area contributed by atoms with Gasteiger partial charge in [-0.25, -0.2) is 0 Å². The number of benzene rings is 2. The Hall–Kier alpha value is -2.92. The highest BCUT2D eigenvalue weighted by molar-refractivity contribution is 5.67. The van der Waals surface area contributed by atoms with E-state index >= 15 is 0 Å². The molecule has 0 fully saturated rings. The molecule has 176 valence electrons. The lowest BCUT2D eigenvalue weighted by molar-refractivity contribution is 0.243. The van der Waals surface area contributed by atoms with Gasteiger partial charge < -0.3 is 14.4 Å². The Kier molecular flexibility index (Phi) is 10.2.